The van der Waals surface area contributed by atoms with Crippen molar-refractivity contribution in [1.82, 2.24) is 9.97 Å². The van der Waals surface area contributed by atoms with Crippen LogP contribution in [0, 0.1) is 5.82 Å². The van der Waals surface area contributed by atoms with Gasteiger partial charge in [-0.2, -0.15) is 4.98 Å². The summed E-state index contributed by atoms with van der Waals surface area (Å²) in [5, 5.41) is 6.43. The van der Waals surface area contributed by atoms with E-state index in [0.29, 0.717) is 28.2 Å². The second kappa shape index (κ2) is 10.1. The number of anilines is 4. The van der Waals surface area contributed by atoms with Gasteiger partial charge in [0, 0.05) is 12.3 Å². The third kappa shape index (κ3) is 5.45. The maximum atomic E-state index is 13.6. The number of carbonyl (C=O) groups excluding carboxylic acids is 1. The van der Waals surface area contributed by atoms with E-state index in [4.69, 9.17) is 11.6 Å². The van der Waals surface area contributed by atoms with E-state index < -0.39 is 11.8 Å². The highest BCUT2D eigenvalue weighted by molar-refractivity contribution is 6.33. The van der Waals surface area contributed by atoms with Crippen molar-refractivity contribution in [2.75, 3.05) is 15.5 Å². The van der Waals surface area contributed by atoms with Crippen molar-refractivity contribution in [2.45, 2.75) is 13.0 Å². The van der Waals surface area contributed by atoms with Gasteiger partial charge in [0.05, 0.1) is 22.4 Å². The number of hydrogen-bond acceptors (Lipinski definition) is 4. The van der Waals surface area contributed by atoms with Crippen LogP contribution in [-0.4, -0.2) is 16.0 Å². The first-order chi connectivity index (χ1) is 16.0. The molecule has 1 aromatic heterocycles. The molecule has 0 aliphatic rings. The fraction of sp³-hybridized carbons (Fsp3) is 0.0800. The maximum Gasteiger partial charge on any atom is 0.332 e. The number of urea groups is 1. The molecule has 0 radical (unpaired) electrons. The van der Waals surface area contributed by atoms with E-state index in [9.17, 15) is 9.18 Å². The molecule has 4 aromatic rings. The predicted octanol–water partition coefficient (Wildman–Crippen LogP) is 6.81. The first-order valence-corrected chi connectivity index (χ1v) is 10.6. The number of hydrogen-bond donors (Lipinski definition) is 2. The number of benzene rings is 3. The largest absolute Gasteiger partial charge is 0.348 e. The summed E-state index contributed by atoms with van der Waals surface area (Å²) >= 11 is 6.21. The molecule has 0 aliphatic carbocycles. The van der Waals surface area contributed by atoms with Crippen LogP contribution in [0.25, 0.3) is 0 Å². The molecule has 3 aromatic carbocycles. The summed E-state index contributed by atoms with van der Waals surface area (Å²) in [7, 11) is 0. The van der Waals surface area contributed by atoms with Gasteiger partial charge < -0.3 is 10.6 Å². The second-order valence-corrected chi connectivity index (χ2v) is 7.64. The molecule has 0 saturated carbocycles. The molecule has 0 fully saturated rings. The predicted molar refractivity (Wildman–Crippen MR) is 130 cm³/mol. The van der Waals surface area contributed by atoms with Crippen LogP contribution in [-0.2, 0) is 0 Å². The molecule has 33 heavy (non-hydrogen) atoms. The number of aromatic nitrogens is 2. The molecule has 2 amide bonds. The summed E-state index contributed by atoms with van der Waals surface area (Å²) in [6, 6.07) is 23.4. The summed E-state index contributed by atoms with van der Waals surface area (Å²) in [5.74, 6) is 0.248. The highest BCUT2D eigenvalue weighted by Crippen LogP contribution is 2.28. The first-order valence-electron chi connectivity index (χ1n) is 10.3. The molecule has 0 spiro atoms. The zero-order chi connectivity index (χ0) is 23.2. The van der Waals surface area contributed by atoms with Gasteiger partial charge in [-0.1, -0.05) is 54.1 Å². The molecule has 0 aliphatic heterocycles. The SMILES string of the molecule is CC(Nc1nccc(N(C(=O)Nc2ccccc2Cl)c2ccc(F)cc2)n1)c1ccccc1. The number of rotatable bonds is 6. The Morgan fingerprint density at radius 2 is 1.67 bits per heavy atom. The fourth-order valence-electron chi connectivity index (χ4n) is 3.24. The van der Waals surface area contributed by atoms with Gasteiger partial charge in [0.2, 0.25) is 5.95 Å². The van der Waals surface area contributed by atoms with E-state index >= 15 is 0 Å². The summed E-state index contributed by atoms with van der Waals surface area (Å²) in [5.41, 5.74) is 1.95. The Hall–Kier alpha value is -3.97. The molecule has 1 atom stereocenters. The zero-order valence-corrected chi connectivity index (χ0v) is 18.5. The molecule has 1 heterocycles. The van der Waals surface area contributed by atoms with Gasteiger partial charge in [0.25, 0.3) is 0 Å². The molecule has 6 nitrogen and oxygen atoms in total. The summed E-state index contributed by atoms with van der Waals surface area (Å²) in [4.78, 5) is 23.5. The van der Waals surface area contributed by atoms with Crippen molar-refractivity contribution < 1.29 is 9.18 Å². The van der Waals surface area contributed by atoms with Gasteiger partial charge in [-0.15, -0.1) is 0 Å². The van der Waals surface area contributed by atoms with Crippen molar-refractivity contribution in [1.29, 1.82) is 0 Å². The van der Waals surface area contributed by atoms with Crippen molar-refractivity contribution in [3.05, 3.63) is 108 Å². The van der Waals surface area contributed by atoms with Gasteiger partial charge in [0.1, 0.15) is 11.6 Å². The lowest BCUT2D eigenvalue weighted by Crippen LogP contribution is -2.31. The van der Waals surface area contributed by atoms with Crippen molar-refractivity contribution in [2.24, 2.45) is 0 Å². The van der Waals surface area contributed by atoms with Crippen LogP contribution in [0.3, 0.4) is 0 Å². The minimum Gasteiger partial charge on any atom is -0.348 e. The third-order valence-corrected chi connectivity index (χ3v) is 5.25. The third-order valence-electron chi connectivity index (χ3n) is 4.92. The van der Waals surface area contributed by atoms with Gasteiger partial charge in [-0.05, 0) is 48.9 Å². The lowest BCUT2D eigenvalue weighted by Gasteiger charge is -2.23. The van der Waals surface area contributed by atoms with E-state index in [-0.39, 0.29) is 6.04 Å². The minimum absolute atomic E-state index is 0.0577. The normalized spacial score (nSPS) is 11.5. The average molecular weight is 462 g/mol. The monoisotopic (exact) mass is 461 g/mol. The Bertz CT molecular complexity index is 1240. The number of nitrogens with one attached hydrogen (secondary N) is 2. The first kappa shape index (κ1) is 22.2. The lowest BCUT2D eigenvalue weighted by molar-refractivity contribution is 0.259. The maximum absolute atomic E-state index is 13.6. The van der Waals surface area contributed by atoms with E-state index in [0.717, 1.165) is 5.56 Å². The smallest absolute Gasteiger partial charge is 0.332 e. The lowest BCUT2D eigenvalue weighted by atomic mass is 10.1. The topological polar surface area (TPSA) is 70.2 Å². The second-order valence-electron chi connectivity index (χ2n) is 7.24. The summed E-state index contributed by atoms with van der Waals surface area (Å²) in [6.07, 6.45) is 1.56. The van der Waals surface area contributed by atoms with Crippen LogP contribution in [0.5, 0.6) is 0 Å². The van der Waals surface area contributed by atoms with E-state index in [1.807, 2.05) is 37.3 Å². The molecule has 166 valence electrons. The molecule has 0 saturated heterocycles. The van der Waals surface area contributed by atoms with Crippen LogP contribution in [0.2, 0.25) is 5.02 Å². The minimum atomic E-state index is -0.504. The molecule has 1 unspecified atom stereocenters. The molecule has 0 bridgehead atoms. The Balaban J connectivity index is 1.65. The standard InChI is InChI=1S/C25H21ClFN5O/c1-17(18-7-3-2-4-8-18)29-24-28-16-15-23(31-24)32(20-13-11-19(27)12-14-20)25(33)30-22-10-6-5-9-21(22)26/h2-17H,1H3,(H,30,33)(H,28,29,31). The molecular formula is C25H21ClFN5O. The Labute approximate surface area is 196 Å². The van der Waals surface area contributed by atoms with Crippen LogP contribution < -0.4 is 15.5 Å². The molecule has 8 heteroatoms. The van der Waals surface area contributed by atoms with E-state index in [1.54, 1.807) is 36.5 Å². The van der Waals surface area contributed by atoms with Crippen molar-refractivity contribution in [3.8, 4) is 0 Å². The number of amides is 2. The quantitative estimate of drug-likeness (QED) is 0.331. The van der Waals surface area contributed by atoms with Crippen LogP contribution in [0.15, 0.2) is 91.1 Å². The highest BCUT2D eigenvalue weighted by atomic mass is 35.5. The number of carbonyl (C=O) groups is 1. The molecular weight excluding hydrogens is 441 g/mol. The van der Waals surface area contributed by atoms with Crippen molar-refractivity contribution >= 4 is 40.8 Å². The van der Waals surface area contributed by atoms with Gasteiger partial charge in [-0.25, -0.2) is 19.1 Å². The van der Waals surface area contributed by atoms with Gasteiger partial charge >= 0.3 is 6.03 Å². The fourth-order valence-corrected chi connectivity index (χ4v) is 3.42. The van der Waals surface area contributed by atoms with E-state index in [2.05, 4.69) is 20.6 Å². The Kier molecular flexibility index (Phi) is 6.80. The van der Waals surface area contributed by atoms with Crippen molar-refractivity contribution in [3.63, 3.8) is 0 Å². The Morgan fingerprint density at radius 3 is 2.39 bits per heavy atom. The summed E-state index contributed by atoms with van der Waals surface area (Å²) in [6.45, 7) is 1.99. The van der Waals surface area contributed by atoms with E-state index in [1.165, 1.54) is 29.2 Å². The van der Waals surface area contributed by atoms with Gasteiger partial charge in [-0.3, -0.25) is 0 Å². The summed E-state index contributed by atoms with van der Waals surface area (Å²) < 4.78 is 13.6. The number of para-hydroxylation sites is 1. The number of nitrogens with zero attached hydrogens (tertiary/aromatic N) is 3. The number of halogens is 2. The highest BCUT2D eigenvalue weighted by Gasteiger charge is 2.21. The Morgan fingerprint density at radius 1 is 0.970 bits per heavy atom. The van der Waals surface area contributed by atoms with Crippen LogP contribution in [0.1, 0.15) is 18.5 Å². The van der Waals surface area contributed by atoms with Gasteiger partial charge in [0.15, 0.2) is 0 Å². The van der Waals surface area contributed by atoms with Crippen LogP contribution in [0.4, 0.5) is 32.3 Å². The average Bonchev–Trinajstić information content (AvgIpc) is 2.83. The molecule has 4 rings (SSSR count). The molecule has 2 N–H and O–H groups in total. The zero-order valence-electron chi connectivity index (χ0n) is 17.7. The van der Waals surface area contributed by atoms with Crippen LogP contribution >= 0.6 is 11.6 Å².